The summed E-state index contributed by atoms with van der Waals surface area (Å²) in [6.45, 7) is 13.4. The third-order valence-electron chi connectivity index (χ3n) is 3.73. The van der Waals surface area contributed by atoms with Crippen LogP contribution in [0, 0.1) is 0 Å². The zero-order valence-corrected chi connectivity index (χ0v) is 17.7. The predicted molar refractivity (Wildman–Crippen MR) is 96.1 cm³/mol. The van der Waals surface area contributed by atoms with Crippen LogP contribution in [0.2, 0.25) is 12.1 Å². The molecule has 0 fully saturated rings. The Labute approximate surface area is 132 Å². The maximum atomic E-state index is 6.08. The van der Waals surface area contributed by atoms with Gasteiger partial charge in [0, 0.05) is 11.2 Å². The van der Waals surface area contributed by atoms with Gasteiger partial charge in [-0.05, 0) is 52.6 Å². The lowest BCUT2D eigenvalue weighted by atomic mass is 10.0. The highest BCUT2D eigenvalue weighted by atomic mass is 28.2. The van der Waals surface area contributed by atoms with Crippen molar-refractivity contribution in [2.75, 3.05) is 0 Å². The van der Waals surface area contributed by atoms with Gasteiger partial charge in [-0.3, -0.25) is 0 Å². The maximum absolute atomic E-state index is 6.08. The molecule has 0 unspecified atom stereocenters. The highest BCUT2D eigenvalue weighted by molar-refractivity contribution is 6.28. The zero-order valence-electron chi connectivity index (χ0n) is 14.9. The van der Waals surface area contributed by atoms with Crippen LogP contribution in [0.25, 0.3) is 0 Å². The zero-order chi connectivity index (χ0) is 15.5. The molecule has 0 aliphatic heterocycles. The lowest BCUT2D eigenvalue weighted by molar-refractivity contribution is 0.103. The van der Waals surface area contributed by atoms with Crippen LogP contribution in [0.4, 0.5) is 0 Å². The molecule has 0 amide bonds. The molecule has 0 aliphatic rings. The Balaban J connectivity index is 3.41. The molecule has 0 aliphatic carbocycles. The number of hydrogen-bond donors (Lipinski definition) is 0. The van der Waals surface area contributed by atoms with E-state index >= 15 is 0 Å². The fraction of sp³-hybridized carbons (Fsp3) is 1.00. The Morgan fingerprint density at radius 1 is 0.700 bits per heavy atom. The third-order valence-corrected chi connectivity index (χ3v) is 7.28. The van der Waals surface area contributed by atoms with Crippen molar-refractivity contribution in [3.05, 3.63) is 0 Å². The van der Waals surface area contributed by atoms with Gasteiger partial charge in [-0.25, -0.2) is 0 Å². The average molecular weight is 319 g/mol. The predicted octanol–water partition coefficient (Wildman–Crippen LogP) is 3.96. The standard InChI is InChI=1S/C16H38O2Si2/c1-7-11-15(3,4)17-19-13-9-10-14-20-18-16(5,6)12-8-2/h7-14,19-20H2,1-6H3. The molecule has 0 heterocycles. The highest BCUT2D eigenvalue weighted by Crippen LogP contribution is 2.18. The van der Waals surface area contributed by atoms with Gasteiger partial charge in [-0.1, -0.05) is 39.5 Å². The van der Waals surface area contributed by atoms with Crippen LogP contribution in [-0.4, -0.2) is 30.7 Å². The molecule has 0 aromatic carbocycles. The molecule has 0 bridgehead atoms. The quantitative estimate of drug-likeness (QED) is 0.378. The van der Waals surface area contributed by atoms with Crippen LogP contribution in [0.3, 0.4) is 0 Å². The first-order valence-electron chi connectivity index (χ1n) is 8.61. The second-order valence-corrected chi connectivity index (χ2v) is 9.94. The molecule has 0 aromatic rings. The first-order chi connectivity index (χ1) is 9.33. The topological polar surface area (TPSA) is 18.5 Å². The molecule has 0 saturated heterocycles. The van der Waals surface area contributed by atoms with Crippen molar-refractivity contribution in [2.24, 2.45) is 0 Å². The van der Waals surface area contributed by atoms with Crippen molar-refractivity contribution in [1.82, 2.24) is 0 Å². The lowest BCUT2D eigenvalue weighted by Crippen LogP contribution is -2.26. The Kier molecular flexibility index (Phi) is 11.2. The van der Waals surface area contributed by atoms with Gasteiger partial charge in [0.2, 0.25) is 0 Å². The van der Waals surface area contributed by atoms with Crippen molar-refractivity contribution >= 4 is 19.5 Å². The fourth-order valence-corrected chi connectivity index (χ4v) is 5.40. The fourth-order valence-electron chi connectivity index (χ4n) is 2.60. The Hall–Kier alpha value is 0.354. The molecule has 0 N–H and O–H groups in total. The van der Waals surface area contributed by atoms with E-state index in [1.165, 1.54) is 50.6 Å². The van der Waals surface area contributed by atoms with E-state index in [-0.39, 0.29) is 30.7 Å². The van der Waals surface area contributed by atoms with Crippen molar-refractivity contribution in [2.45, 2.75) is 103 Å². The van der Waals surface area contributed by atoms with Crippen molar-refractivity contribution in [1.29, 1.82) is 0 Å². The molecule has 0 aromatic heterocycles. The van der Waals surface area contributed by atoms with Crippen LogP contribution in [0.1, 0.15) is 80.1 Å². The number of unbranched alkanes of at least 4 members (excludes halogenated alkanes) is 1. The molecule has 0 rings (SSSR count). The summed E-state index contributed by atoms with van der Waals surface area (Å²) in [5.74, 6) is 0. The Morgan fingerprint density at radius 3 is 1.35 bits per heavy atom. The normalized spacial score (nSPS) is 14.1. The molecule has 0 atom stereocenters. The molecule has 122 valence electrons. The molecule has 2 nitrogen and oxygen atoms in total. The van der Waals surface area contributed by atoms with Gasteiger partial charge in [-0.15, -0.1) is 0 Å². The summed E-state index contributed by atoms with van der Waals surface area (Å²) in [4.78, 5) is 0. The molecule has 20 heavy (non-hydrogen) atoms. The van der Waals surface area contributed by atoms with Gasteiger partial charge in [-0.2, -0.15) is 0 Å². The van der Waals surface area contributed by atoms with E-state index in [1.54, 1.807) is 0 Å². The number of rotatable bonds is 13. The first kappa shape index (κ1) is 20.4. The number of hydrogen-bond acceptors (Lipinski definition) is 2. The Morgan fingerprint density at radius 2 is 1.05 bits per heavy atom. The first-order valence-corrected chi connectivity index (χ1v) is 11.8. The summed E-state index contributed by atoms with van der Waals surface area (Å²) in [5.41, 5.74) is 0.256. The summed E-state index contributed by atoms with van der Waals surface area (Å²) in [6.07, 6.45) is 7.51. The van der Waals surface area contributed by atoms with Crippen molar-refractivity contribution < 1.29 is 8.85 Å². The summed E-state index contributed by atoms with van der Waals surface area (Å²) < 4.78 is 12.2. The van der Waals surface area contributed by atoms with Gasteiger partial charge < -0.3 is 8.85 Å². The summed E-state index contributed by atoms with van der Waals surface area (Å²) in [5, 5.41) is 0. The van der Waals surface area contributed by atoms with Crippen LogP contribution in [0.5, 0.6) is 0 Å². The van der Waals surface area contributed by atoms with E-state index in [2.05, 4.69) is 41.5 Å². The second kappa shape index (κ2) is 11.0. The van der Waals surface area contributed by atoms with Crippen LogP contribution in [-0.2, 0) is 8.85 Å². The molecular formula is C16H38O2Si2. The average Bonchev–Trinajstić information content (AvgIpc) is 2.32. The Bertz CT molecular complexity index is 207. The van der Waals surface area contributed by atoms with Gasteiger partial charge in [0.25, 0.3) is 0 Å². The summed E-state index contributed by atoms with van der Waals surface area (Å²) in [6, 6.07) is 2.67. The van der Waals surface area contributed by atoms with Crippen LogP contribution < -0.4 is 0 Å². The van der Waals surface area contributed by atoms with E-state index < -0.39 is 0 Å². The van der Waals surface area contributed by atoms with Crippen molar-refractivity contribution in [3.8, 4) is 0 Å². The minimum atomic E-state index is -0.308. The largest absolute Gasteiger partial charge is 0.419 e. The lowest BCUT2D eigenvalue weighted by Gasteiger charge is -2.26. The van der Waals surface area contributed by atoms with Gasteiger partial charge in [0.1, 0.15) is 0 Å². The monoisotopic (exact) mass is 318 g/mol. The minimum Gasteiger partial charge on any atom is -0.419 e. The van der Waals surface area contributed by atoms with Gasteiger partial charge >= 0.3 is 0 Å². The van der Waals surface area contributed by atoms with E-state index in [4.69, 9.17) is 8.85 Å². The summed E-state index contributed by atoms with van der Waals surface area (Å²) in [7, 11) is -0.617. The van der Waals surface area contributed by atoms with Crippen LogP contribution in [0.15, 0.2) is 0 Å². The minimum absolute atomic E-state index is 0.128. The van der Waals surface area contributed by atoms with Crippen LogP contribution >= 0.6 is 0 Å². The molecule has 0 radical (unpaired) electrons. The third kappa shape index (κ3) is 12.1. The molecule has 0 spiro atoms. The van der Waals surface area contributed by atoms with Crippen molar-refractivity contribution in [3.63, 3.8) is 0 Å². The van der Waals surface area contributed by atoms with E-state index in [9.17, 15) is 0 Å². The van der Waals surface area contributed by atoms with E-state index in [0.29, 0.717) is 0 Å². The smallest absolute Gasteiger partial charge is 0.162 e. The summed E-state index contributed by atoms with van der Waals surface area (Å²) >= 11 is 0. The maximum Gasteiger partial charge on any atom is 0.162 e. The highest BCUT2D eigenvalue weighted by Gasteiger charge is 2.16. The SMILES string of the molecule is CCCC(C)(C)O[SiH2]CCCC[SiH2]OC(C)(C)CCC. The second-order valence-electron chi connectivity index (χ2n) is 7.13. The molecular weight excluding hydrogens is 280 g/mol. The van der Waals surface area contributed by atoms with E-state index in [0.717, 1.165) is 0 Å². The molecule has 0 saturated carbocycles. The van der Waals surface area contributed by atoms with Gasteiger partial charge in [0.15, 0.2) is 19.5 Å². The van der Waals surface area contributed by atoms with Gasteiger partial charge in [0.05, 0.1) is 0 Å². The molecule has 4 heteroatoms. The van der Waals surface area contributed by atoms with E-state index in [1.807, 2.05) is 0 Å².